The number of halogens is 1. The van der Waals surface area contributed by atoms with Crippen LogP contribution in [-0.2, 0) is 6.42 Å². The molecule has 2 heterocycles. The van der Waals surface area contributed by atoms with Crippen LogP contribution in [0.1, 0.15) is 30.0 Å². The van der Waals surface area contributed by atoms with E-state index in [4.69, 9.17) is 28.8 Å². The van der Waals surface area contributed by atoms with Crippen LogP contribution >= 0.6 is 23.4 Å². The Morgan fingerprint density at radius 1 is 1.06 bits per heavy atom. The van der Waals surface area contributed by atoms with Gasteiger partial charge in [-0.25, -0.2) is 9.97 Å². The molecule has 5 rings (SSSR count). The summed E-state index contributed by atoms with van der Waals surface area (Å²) in [5, 5.41) is 1.13. The zero-order chi connectivity index (χ0) is 21.6. The van der Waals surface area contributed by atoms with E-state index in [9.17, 15) is 0 Å². The third-order valence-electron chi connectivity index (χ3n) is 6.63. The normalized spacial score (nSPS) is 19.5. The van der Waals surface area contributed by atoms with Crippen molar-refractivity contribution in [3.63, 3.8) is 0 Å². The van der Waals surface area contributed by atoms with Crippen LogP contribution in [0, 0.1) is 5.41 Å². The van der Waals surface area contributed by atoms with Crippen molar-refractivity contribution >= 4 is 40.7 Å². The Morgan fingerprint density at radius 2 is 1.84 bits per heavy atom. The highest BCUT2D eigenvalue weighted by Crippen LogP contribution is 2.51. The van der Waals surface area contributed by atoms with Gasteiger partial charge in [0.15, 0.2) is 5.82 Å². The molecule has 1 saturated heterocycles. The summed E-state index contributed by atoms with van der Waals surface area (Å²) in [4.78, 5) is 12.3. The van der Waals surface area contributed by atoms with E-state index in [2.05, 4.69) is 39.1 Å². The van der Waals surface area contributed by atoms with E-state index in [1.165, 1.54) is 22.9 Å². The van der Waals surface area contributed by atoms with E-state index in [1.54, 1.807) is 12.3 Å². The molecule has 1 aromatic heterocycles. The van der Waals surface area contributed by atoms with E-state index >= 15 is 0 Å². The van der Waals surface area contributed by atoms with E-state index in [-0.39, 0.29) is 11.5 Å². The van der Waals surface area contributed by atoms with E-state index in [0.717, 1.165) is 43.1 Å². The van der Waals surface area contributed by atoms with Crippen LogP contribution in [0.25, 0.3) is 0 Å². The highest BCUT2D eigenvalue weighted by atomic mass is 35.5. The van der Waals surface area contributed by atoms with Crippen molar-refractivity contribution < 1.29 is 0 Å². The van der Waals surface area contributed by atoms with Crippen molar-refractivity contribution in [2.75, 3.05) is 29.5 Å². The van der Waals surface area contributed by atoms with Crippen molar-refractivity contribution in [1.82, 2.24) is 9.97 Å². The van der Waals surface area contributed by atoms with Crippen LogP contribution in [0.5, 0.6) is 0 Å². The first-order chi connectivity index (χ1) is 15.0. The summed E-state index contributed by atoms with van der Waals surface area (Å²) in [6.45, 7) is 1.78. The minimum absolute atomic E-state index is 0.101. The van der Waals surface area contributed by atoms with E-state index in [0.29, 0.717) is 21.6 Å². The van der Waals surface area contributed by atoms with Gasteiger partial charge in [0.25, 0.3) is 0 Å². The summed E-state index contributed by atoms with van der Waals surface area (Å²) in [6, 6.07) is 14.2. The molecule has 1 aliphatic carbocycles. The average molecular weight is 453 g/mol. The summed E-state index contributed by atoms with van der Waals surface area (Å²) < 4.78 is 0. The van der Waals surface area contributed by atoms with Gasteiger partial charge in [-0.3, -0.25) is 0 Å². The number of hydrogen-bond acceptors (Lipinski definition) is 7. The van der Waals surface area contributed by atoms with Crippen LogP contribution in [0.4, 0.5) is 17.3 Å². The molecular formula is C23H25ClN6S. The minimum Gasteiger partial charge on any atom is -0.397 e. The Bertz CT molecular complexity index is 1130. The predicted molar refractivity (Wildman–Crippen MR) is 127 cm³/mol. The van der Waals surface area contributed by atoms with Gasteiger partial charge >= 0.3 is 0 Å². The molecule has 0 amide bonds. The van der Waals surface area contributed by atoms with E-state index < -0.39 is 0 Å². The summed E-state index contributed by atoms with van der Waals surface area (Å²) in [5.74, 6) is 1.20. The van der Waals surface area contributed by atoms with Crippen LogP contribution in [-0.4, -0.2) is 23.1 Å². The monoisotopic (exact) mass is 452 g/mol. The largest absolute Gasteiger partial charge is 0.397 e. The maximum Gasteiger partial charge on any atom is 0.158 e. The maximum absolute atomic E-state index is 6.69. The second-order valence-corrected chi connectivity index (χ2v) is 9.79. The van der Waals surface area contributed by atoms with Crippen molar-refractivity contribution in [2.45, 2.75) is 35.2 Å². The third kappa shape index (κ3) is 3.60. The van der Waals surface area contributed by atoms with Crippen molar-refractivity contribution in [2.24, 2.45) is 11.1 Å². The summed E-state index contributed by atoms with van der Waals surface area (Å²) in [5.41, 5.74) is 22.2. The van der Waals surface area contributed by atoms with Gasteiger partial charge in [-0.1, -0.05) is 53.7 Å². The summed E-state index contributed by atoms with van der Waals surface area (Å²) in [6.07, 6.45) is 4.91. The van der Waals surface area contributed by atoms with Gasteiger partial charge in [0.05, 0.1) is 16.9 Å². The molecule has 2 aromatic carbocycles. The number of nitrogens with zero attached hydrogens (tertiary/aromatic N) is 3. The van der Waals surface area contributed by atoms with Gasteiger partial charge < -0.3 is 22.1 Å². The first kappa shape index (κ1) is 20.4. The van der Waals surface area contributed by atoms with Gasteiger partial charge in [-0.15, -0.1) is 0 Å². The number of nitrogens with two attached hydrogens (primary N) is 3. The SMILES string of the molecule is Nc1cccc(Sc2ncc(N3CCC4(CC3)Cc3ccccc3[C@H]4N)nc2N)c1Cl. The van der Waals surface area contributed by atoms with Crippen molar-refractivity contribution in [3.8, 4) is 0 Å². The molecule has 6 nitrogen and oxygen atoms in total. The van der Waals surface area contributed by atoms with Crippen molar-refractivity contribution in [1.29, 1.82) is 0 Å². The fourth-order valence-corrected chi connectivity index (χ4v) is 5.87. The molecule has 0 bridgehead atoms. The Kier molecular flexibility index (Phi) is 5.20. The first-order valence-electron chi connectivity index (χ1n) is 10.4. The molecule has 8 heteroatoms. The lowest BCUT2D eigenvalue weighted by molar-refractivity contribution is 0.187. The number of anilines is 3. The maximum atomic E-state index is 6.69. The van der Waals surface area contributed by atoms with Gasteiger partial charge in [0, 0.05) is 24.0 Å². The fraction of sp³-hybridized carbons (Fsp3) is 0.304. The smallest absolute Gasteiger partial charge is 0.158 e. The number of benzene rings is 2. The molecule has 2 aliphatic rings. The molecule has 1 fully saturated rings. The molecule has 1 atom stereocenters. The quantitative estimate of drug-likeness (QED) is 0.509. The number of piperidine rings is 1. The molecule has 0 radical (unpaired) electrons. The zero-order valence-electron chi connectivity index (χ0n) is 17.1. The van der Waals surface area contributed by atoms with E-state index in [1.807, 2.05) is 12.1 Å². The number of aromatic nitrogens is 2. The Labute approximate surface area is 191 Å². The molecule has 1 aliphatic heterocycles. The topological polar surface area (TPSA) is 107 Å². The second-order valence-electron chi connectivity index (χ2n) is 8.38. The number of nitrogen functional groups attached to an aromatic ring is 2. The Morgan fingerprint density at radius 3 is 2.58 bits per heavy atom. The molecule has 0 unspecified atom stereocenters. The number of fused-ring (bicyclic) bond motifs is 1. The highest BCUT2D eigenvalue weighted by Gasteiger charge is 2.45. The molecule has 1 spiro atoms. The molecule has 31 heavy (non-hydrogen) atoms. The Balaban J connectivity index is 1.29. The van der Waals surface area contributed by atoms with Crippen molar-refractivity contribution in [3.05, 3.63) is 64.8 Å². The molecule has 6 N–H and O–H groups in total. The van der Waals surface area contributed by atoms with Gasteiger partial charge in [0.1, 0.15) is 10.8 Å². The highest BCUT2D eigenvalue weighted by molar-refractivity contribution is 7.99. The fourth-order valence-electron chi connectivity index (χ4n) is 4.81. The Hall–Kier alpha value is -2.48. The summed E-state index contributed by atoms with van der Waals surface area (Å²) in [7, 11) is 0. The molecule has 3 aromatic rings. The number of rotatable bonds is 3. The average Bonchev–Trinajstić information content (AvgIpc) is 3.05. The van der Waals surface area contributed by atoms with Gasteiger partial charge in [-0.2, -0.15) is 0 Å². The van der Waals surface area contributed by atoms with Crippen LogP contribution in [0.15, 0.2) is 58.6 Å². The minimum atomic E-state index is 0.101. The second kappa shape index (κ2) is 7.89. The standard InChI is InChI=1S/C23H25ClN6S/c24-19-16(25)6-3-7-17(19)31-22-21(27)29-18(13-28-22)30-10-8-23(9-11-30)12-14-4-1-2-5-15(14)20(23)26/h1-7,13,20H,8-12,25-26H2,(H2,27,29)/t20-/m1/s1. The predicted octanol–water partition coefficient (Wildman–Crippen LogP) is 4.29. The molecule has 0 saturated carbocycles. The third-order valence-corrected chi connectivity index (χ3v) is 8.23. The van der Waals surface area contributed by atoms with Crippen LogP contribution < -0.4 is 22.1 Å². The molecule has 160 valence electrons. The van der Waals surface area contributed by atoms with Crippen LogP contribution in [0.3, 0.4) is 0 Å². The molecular weight excluding hydrogens is 428 g/mol. The van der Waals surface area contributed by atoms with Crippen LogP contribution in [0.2, 0.25) is 5.02 Å². The lowest BCUT2D eigenvalue weighted by Gasteiger charge is -2.42. The summed E-state index contributed by atoms with van der Waals surface area (Å²) >= 11 is 7.67. The number of hydrogen-bond donors (Lipinski definition) is 3. The lowest BCUT2D eigenvalue weighted by atomic mass is 9.73. The zero-order valence-corrected chi connectivity index (χ0v) is 18.7. The van der Waals surface area contributed by atoms with Gasteiger partial charge in [0.2, 0.25) is 0 Å². The lowest BCUT2D eigenvalue weighted by Crippen LogP contribution is -2.44. The first-order valence-corrected chi connectivity index (χ1v) is 11.6. The van der Waals surface area contributed by atoms with Gasteiger partial charge in [-0.05, 0) is 47.9 Å².